The molecule has 0 aliphatic carbocycles. The molecule has 7 nitrogen and oxygen atoms in total. The van der Waals surface area contributed by atoms with Gasteiger partial charge in [-0.2, -0.15) is 0 Å². The Morgan fingerprint density at radius 3 is 2.68 bits per heavy atom. The highest BCUT2D eigenvalue weighted by Crippen LogP contribution is 2.26. The Kier molecular flexibility index (Phi) is 4.76. The van der Waals surface area contributed by atoms with Gasteiger partial charge < -0.3 is 10.2 Å². The van der Waals surface area contributed by atoms with E-state index in [9.17, 15) is 14.0 Å². The second-order valence-electron chi connectivity index (χ2n) is 6.28. The van der Waals surface area contributed by atoms with E-state index in [1.165, 1.54) is 35.5 Å². The highest BCUT2D eigenvalue weighted by molar-refractivity contribution is 5.98. The van der Waals surface area contributed by atoms with Gasteiger partial charge >= 0.3 is 0 Å². The number of piperazine rings is 1. The molecule has 0 unspecified atom stereocenters. The Bertz CT molecular complexity index is 1010. The summed E-state index contributed by atoms with van der Waals surface area (Å²) in [5.41, 5.74) is 1.40. The minimum atomic E-state index is -0.907. The smallest absolute Gasteiger partial charge is 0.258 e. The molecule has 2 amide bonds. The van der Waals surface area contributed by atoms with Crippen LogP contribution in [-0.2, 0) is 4.79 Å². The first-order valence-corrected chi connectivity index (χ1v) is 8.70. The molecule has 1 aliphatic heterocycles. The maximum atomic E-state index is 13.6. The van der Waals surface area contributed by atoms with E-state index < -0.39 is 11.9 Å². The van der Waals surface area contributed by atoms with Gasteiger partial charge in [0.2, 0.25) is 5.91 Å². The van der Waals surface area contributed by atoms with Gasteiger partial charge in [0.1, 0.15) is 11.9 Å². The van der Waals surface area contributed by atoms with E-state index in [0.29, 0.717) is 24.5 Å². The zero-order valence-corrected chi connectivity index (χ0v) is 14.7. The quantitative estimate of drug-likeness (QED) is 0.754. The van der Waals surface area contributed by atoms with Crippen molar-refractivity contribution in [1.82, 2.24) is 25.2 Å². The van der Waals surface area contributed by atoms with Crippen LogP contribution < -0.4 is 5.32 Å². The molecule has 1 atom stereocenters. The van der Waals surface area contributed by atoms with E-state index in [4.69, 9.17) is 0 Å². The van der Waals surface area contributed by atoms with Gasteiger partial charge in [0.05, 0.1) is 5.56 Å². The number of benzene rings is 1. The molecule has 2 aromatic heterocycles. The van der Waals surface area contributed by atoms with Crippen LogP contribution in [0.3, 0.4) is 0 Å². The van der Waals surface area contributed by atoms with Gasteiger partial charge in [-0.15, -0.1) is 0 Å². The van der Waals surface area contributed by atoms with Crippen molar-refractivity contribution < 1.29 is 14.0 Å². The SMILES string of the molecule is O=C1NCCN(C(=O)c2cnc(-c3cccnc3)nc2)[C@H]1c1cccc(F)c1. The lowest BCUT2D eigenvalue weighted by Crippen LogP contribution is -2.52. The highest BCUT2D eigenvalue weighted by Gasteiger charge is 2.35. The zero-order valence-electron chi connectivity index (χ0n) is 14.7. The summed E-state index contributed by atoms with van der Waals surface area (Å²) in [5, 5.41) is 2.72. The van der Waals surface area contributed by atoms with Crippen LogP contribution in [-0.4, -0.2) is 44.8 Å². The second-order valence-corrected chi connectivity index (χ2v) is 6.28. The molecule has 1 fully saturated rings. The molecule has 0 bridgehead atoms. The summed E-state index contributed by atoms with van der Waals surface area (Å²) in [5.74, 6) is -0.755. The molecule has 1 aliphatic rings. The maximum absolute atomic E-state index is 13.6. The van der Waals surface area contributed by atoms with Gasteiger partial charge in [0, 0.05) is 43.4 Å². The lowest BCUT2D eigenvalue weighted by Gasteiger charge is -2.35. The minimum absolute atomic E-state index is 0.253. The summed E-state index contributed by atoms with van der Waals surface area (Å²) in [6.07, 6.45) is 6.13. The molecule has 0 radical (unpaired) electrons. The number of carbonyl (C=O) groups is 2. The molecule has 0 saturated carbocycles. The Hall–Kier alpha value is -3.68. The van der Waals surface area contributed by atoms with E-state index in [2.05, 4.69) is 20.3 Å². The number of nitrogens with zero attached hydrogens (tertiary/aromatic N) is 4. The number of carbonyl (C=O) groups excluding carboxylic acids is 2. The number of amides is 2. The zero-order chi connectivity index (χ0) is 19.5. The van der Waals surface area contributed by atoms with Crippen molar-refractivity contribution in [3.05, 3.63) is 78.1 Å². The number of halogens is 1. The lowest BCUT2D eigenvalue weighted by molar-refractivity contribution is -0.128. The number of hydrogen-bond acceptors (Lipinski definition) is 5. The summed E-state index contributed by atoms with van der Waals surface area (Å²) >= 11 is 0. The van der Waals surface area contributed by atoms with Gasteiger partial charge in [-0.3, -0.25) is 14.6 Å². The van der Waals surface area contributed by atoms with Crippen molar-refractivity contribution in [3.63, 3.8) is 0 Å². The average molecular weight is 377 g/mol. The van der Waals surface area contributed by atoms with Crippen molar-refractivity contribution in [1.29, 1.82) is 0 Å². The molecule has 3 heterocycles. The summed E-state index contributed by atoms with van der Waals surface area (Å²) < 4.78 is 13.6. The van der Waals surface area contributed by atoms with E-state index in [1.54, 1.807) is 24.5 Å². The van der Waals surface area contributed by atoms with E-state index in [-0.39, 0.29) is 17.4 Å². The minimum Gasteiger partial charge on any atom is -0.352 e. The topological polar surface area (TPSA) is 88.1 Å². The van der Waals surface area contributed by atoms with Crippen molar-refractivity contribution >= 4 is 11.8 Å². The second kappa shape index (κ2) is 7.51. The standard InChI is InChI=1S/C20H16FN5O2/c21-16-5-1-3-13(9-16)17-19(27)23-7-8-26(17)20(28)15-11-24-18(25-12-15)14-4-2-6-22-10-14/h1-6,9-12,17H,7-8H2,(H,23,27)/t17-/m0/s1. The molecular weight excluding hydrogens is 361 g/mol. The van der Waals surface area contributed by atoms with Gasteiger partial charge in [-0.05, 0) is 29.8 Å². The molecular formula is C20H16FN5O2. The Labute approximate surface area is 160 Å². The summed E-state index contributed by atoms with van der Waals surface area (Å²) in [7, 11) is 0. The third kappa shape index (κ3) is 3.44. The highest BCUT2D eigenvalue weighted by atomic mass is 19.1. The number of hydrogen-bond donors (Lipinski definition) is 1. The van der Waals surface area contributed by atoms with Crippen LogP contribution in [0.5, 0.6) is 0 Å². The first kappa shape index (κ1) is 17.7. The Balaban J connectivity index is 1.63. The number of rotatable bonds is 3. The van der Waals surface area contributed by atoms with Crippen molar-refractivity contribution in [2.75, 3.05) is 13.1 Å². The summed E-state index contributed by atoms with van der Waals surface area (Å²) in [6, 6.07) is 8.38. The van der Waals surface area contributed by atoms with Crippen LogP contribution in [0.2, 0.25) is 0 Å². The first-order chi connectivity index (χ1) is 13.6. The molecule has 1 saturated heterocycles. The third-order valence-corrected chi connectivity index (χ3v) is 4.46. The van der Waals surface area contributed by atoms with Gasteiger partial charge in [0.15, 0.2) is 5.82 Å². The predicted octanol–water partition coefficient (Wildman–Crippen LogP) is 1.99. The van der Waals surface area contributed by atoms with Crippen molar-refractivity contribution in [2.45, 2.75) is 6.04 Å². The van der Waals surface area contributed by atoms with E-state index in [1.807, 2.05) is 6.07 Å². The lowest BCUT2D eigenvalue weighted by atomic mass is 10.0. The fraction of sp³-hybridized carbons (Fsp3) is 0.150. The number of aromatic nitrogens is 3. The van der Waals surface area contributed by atoms with Crippen LogP contribution in [0.15, 0.2) is 61.2 Å². The van der Waals surface area contributed by atoms with Crippen LogP contribution in [0, 0.1) is 5.82 Å². The average Bonchev–Trinajstić information content (AvgIpc) is 2.74. The molecule has 1 N–H and O–H groups in total. The predicted molar refractivity (Wildman–Crippen MR) is 98.5 cm³/mol. The normalized spacial score (nSPS) is 16.5. The molecule has 3 aromatic rings. The third-order valence-electron chi connectivity index (χ3n) is 4.46. The van der Waals surface area contributed by atoms with Gasteiger partial charge in [0.25, 0.3) is 5.91 Å². The van der Waals surface area contributed by atoms with E-state index in [0.717, 1.165) is 5.56 Å². The fourth-order valence-electron chi connectivity index (χ4n) is 3.14. The number of nitrogens with one attached hydrogen (secondary N) is 1. The molecule has 140 valence electrons. The monoisotopic (exact) mass is 377 g/mol. The molecule has 4 rings (SSSR count). The first-order valence-electron chi connectivity index (χ1n) is 8.70. The molecule has 0 spiro atoms. The molecule has 28 heavy (non-hydrogen) atoms. The van der Waals surface area contributed by atoms with Crippen LogP contribution in [0.25, 0.3) is 11.4 Å². The van der Waals surface area contributed by atoms with E-state index >= 15 is 0 Å². The van der Waals surface area contributed by atoms with Gasteiger partial charge in [-0.1, -0.05) is 12.1 Å². The van der Waals surface area contributed by atoms with Crippen LogP contribution in [0.4, 0.5) is 4.39 Å². The van der Waals surface area contributed by atoms with Crippen molar-refractivity contribution in [3.8, 4) is 11.4 Å². The van der Waals surface area contributed by atoms with Crippen LogP contribution >= 0.6 is 0 Å². The Morgan fingerprint density at radius 2 is 1.96 bits per heavy atom. The Morgan fingerprint density at radius 1 is 1.14 bits per heavy atom. The van der Waals surface area contributed by atoms with Crippen LogP contribution in [0.1, 0.15) is 22.0 Å². The van der Waals surface area contributed by atoms with Gasteiger partial charge in [-0.25, -0.2) is 14.4 Å². The molecule has 8 heteroatoms. The van der Waals surface area contributed by atoms with Crippen molar-refractivity contribution in [2.24, 2.45) is 0 Å². The fourth-order valence-corrected chi connectivity index (χ4v) is 3.14. The number of pyridine rings is 1. The summed E-state index contributed by atoms with van der Waals surface area (Å²) in [6.45, 7) is 0.626. The largest absolute Gasteiger partial charge is 0.352 e. The maximum Gasteiger partial charge on any atom is 0.258 e. The summed E-state index contributed by atoms with van der Waals surface area (Å²) in [4.78, 5) is 39.4. The molecule has 1 aromatic carbocycles.